The quantitative estimate of drug-likeness (QED) is 0.717. The molecule has 0 bridgehead atoms. The van der Waals surface area contributed by atoms with Crippen LogP contribution in [0.2, 0.25) is 0 Å². The van der Waals surface area contributed by atoms with E-state index in [-0.39, 0.29) is 12.5 Å². The molecule has 0 saturated carbocycles. The molecule has 1 amide bonds. The van der Waals surface area contributed by atoms with Crippen LogP contribution < -0.4 is 10.1 Å². The van der Waals surface area contributed by atoms with Crippen molar-refractivity contribution in [1.29, 1.82) is 0 Å². The third-order valence-corrected chi connectivity index (χ3v) is 4.03. The van der Waals surface area contributed by atoms with Crippen LogP contribution in [0.15, 0.2) is 24.3 Å². The molecule has 2 rings (SSSR count). The molecule has 0 unspecified atom stereocenters. The van der Waals surface area contributed by atoms with Crippen LogP contribution in [0.5, 0.6) is 5.75 Å². The number of carboxylic acids is 1. The van der Waals surface area contributed by atoms with Crippen molar-refractivity contribution in [3.05, 3.63) is 46.8 Å². The lowest BCUT2D eigenvalue weighted by atomic mass is 10.1. The van der Waals surface area contributed by atoms with Gasteiger partial charge in [-0.3, -0.25) is 9.48 Å². The third kappa shape index (κ3) is 5.08. The zero-order chi connectivity index (χ0) is 19.1. The zero-order valence-corrected chi connectivity index (χ0v) is 15.4. The lowest BCUT2D eigenvalue weighted by Crippen LogP contribution is -2.26. The minimum absolute atomic E-state index is 0.108. The van der Waals surface area contributed by atoms with Gasteiger partial charge in [0.15, 0.2) is 6.61 Å². The molecular weight excluding hydrogens is 334 g/mol. The molecule has 1 heterocycles. The number of amides is 1. The third-order valence-electron chi connectivity index (χ3n) is 4.03. The molecule has 0 radical (unpaired) electrons. The van der Waals surface area contributed by atoms with Crippen molar-refractivity contribution < 1.29 is 19.4 Å². The Morgan fingerprint density at radius 2 is 1.92 bits per heavy atom. The smallest absolute Gasteiger partial charge is 0.341 e. The van der Waals surface area contributed by atoms with Crippen LogP contribution in [0, 0.1) is 13.8 Å². The number of benzene rings is 1. The highest BCUT2D eigenvalue weighted by molar-refractivity contribution is 5.96. The molecule has 0 aliphatic carbocycles. The van der Waals surface area contributed by atoms with E-state index in [4.69, 9.17) is 9.84 Å². The Hall–Kier alpha value is -2.83. The fourth-order valence-corrected chi connectivity index (χ4v) is 2.76. The largest absolute Gasteiger partial charge is 0.482 e. The highest BCUT2D eigenvalue weighted by atomic mass is 16.5. The molecule has 7 nitrogen and oxygen atoms in total. The first-order valence-electron chi connectivity index (χ1n) is 8.68. The van der Waals surface area contributed by atoms with Gasteiger partial charge < -0.3 is 15.2 Å². The SMILES string of the molecule is CCCn1nc(C)c(C(=O)NCCc2ccc(OCC(=O)O)cc2)c1C. The van der Waals surface area contributed by atoms with Crippen molar-refractivity contribution in [2.24, 2.45) is 0 Å². The number of aromatic nitrogens is 2. The first kappa shape index (κ1) is 19.5. The molecule has 0 fully saturated rings. The summed E-state index contributed by atoms with van der Waals surface area (Å²) in [6, 6.07) is 7.17. The summed E-state index contributed by atoms with van der Waals surface area (Å²) in [5.41, 5.74) is 3.31. The van der Waals surface area contributed by atoms with E-state index < -0.39 is 5.97 Å². The van der Waals surface area contributed by atoms with Crippen molar-refractivity contribution in [2.45, 2.75) is 40.2 Å². The molecular formula is C19H25N3O4. The average Bonchev–Trinajstić information content (AvgIpc) is 2.88. The van der Waals surface area contributed by atoms with Crippen LogP contribution in [0.4, 0.5) is 0 Å². The van der Waals surface area contributed by atoms with Crippen molar-refractivity contribution in [2.75, 3.05) is 13.2 Å². The Kier molecular flexibility index (Phi) is 6.77. The van der Waals surface area contributed by atoms with Crippen LogP contribution in [0.25, 0.3) is 0 Å². The summed E-state index contributed by atoms with van der Waals surface area (Å²) in [5, 5.41) is 16.0. The van der Waals surface area contributed by atoms with Crippen molar-refractivity contribution in [3.8, 4) is 5.75 Å². The second-order valence-electron chi connectivity index (χ2n) is 6.10. The number of carboxylic acid groups (broad SMARTS) is 1. The van der Waals surface area contributed by atoms with Crippen LogP contribution in [0.3, 0.4) is 0 Å². The summed E-state index contributed by atoms with van der Waals surface area (Å²) in [7, 11) is 0. The number of aliphatic carboxylic acids is 1. The fraction of sp³-hybridized carbons (Fsp3) is 0.421. The second-order valence-corrected chi connectivity index (χ2v) is 6.10. The summed E-state index contributed by atoms with van der Waals surface area (Å²) in [4.78, 5) is 22.9. The molecule has 1 aromatic carbocycles. The Labute approximate surface area is 153 Å². The van der Waals surface area contributed by atoms with Crippen LogP contribution in [-0.4, -0.2) is 39.9 Å². The van der Waals surface area contributed by atoms with Gasteiger partial charge in [0.25, 0.3) is 5.91 Å². The monoisotopic (exact) mass is 359 g/mol. The summed E-state index contributed by atoms with van der Waals surface area (Å²) < 4.78 is 6.97. The van der Waals surface area contributed by atoms with E-state index in [1.807, 2.05) is 30.7 Å². The van der Waals surface area contributed by atoms with E-state index in [0.29, 0.717) is 24.3 Å². The standard InChI is InChI=1S/C19H25N3O4/c1-4-11-22-14(3)18(13(2)21-22)19(25)20-10-9-15-5-7-16(8-6-15)26-12-17(23)24/h5-8H,4,9-12H2,1-3H3,(H,20,25)(H,23,24). The predicted octanol–water partition coefficient (Wildman–Crippen LogP) is 2.35. The van der Waals surface area contributed by atoms with E-state index in [9.17, 15) is 9.59 Å². The first-order valence-corrected chi connectivity index (χ1v) is 8.68. The summed E-state index contributed by atoms with van der Waals surface area (Å²) >= 11 is 0. The summed E-state index contributed by atoms with van der Waals surface area (Å²) in [6.45, 7) is 6.79. The van der Waals surface area contributed by atoms with Crippen LogP contribution in [0.1, 0.15) is 40.7 Å². The second kappa shape index (κ2) is 9.03. The molecule has 0 aliphatic heterocycles. The number of aryl methyl sites for hydroxylation is 2. The zero-order valence-electron chi connectivity index (χ0n) is 15.4. The van der Waals surface area contributed by atoms with Crippen molar-refractivity contribution >= 4 is 11.9 Å². The van der Waals surface area contributed by atoms with Gasteiger partial charge in [0, 0.05) is 18.8 Å². The van der Waals surface area contributed by atoms with Gasteiger partial charge in [-0.25, -0.2) is 4.79 Å². The number of nitrogens with one attached hydrogen (secondary N) is 1. The van der Waals surface area contributed by atoms with E-state index in [1.54, 1.807) is 12.1 Å². The Bertz CT molecular complexity index is 766. The van der Waals surface area contributed by atoms with E-state index in [1.165, 1.54) is 0 Å². The molecule has 0 atom stereocenters. The molecule has 140 valence electrons. The molecule has 1 aromatic heterocycles. The maximum absolute atomic E-state index is 12.5. The molecule has 0 aliphatic rings. The van der Waals surface area contributed by atoms with Gasteiger partial charge in [-0.1, -0.05) is 19.1 Å². The average molecular weight is 359 g/mol. The number of carbonyl (C=O) groups excluding carboxylic acids is 1. The predicted molar refractivity (Wildman–Crippen MR) is 97.6 cm³/mol. The van der Waals surface area contributed by atoms with E-state index >= 15 is 0 Å². The van der Waals surface area contributed by atoms with Gasteiger partial charge in [0.1, 0.15) is 5.75 Å². The van der Waals surface area contributed by atoms with E-state index in [0.717, 1.165) is 29.9 Å². The Morgan fingerprint density at radius 3 is 2.54 bits per heavy atom. The Balaban J connectivity index is 1.87. The van der Waals surface area contributed by atoms with Gasteiger partial charge in [0.05, 0.1) is 11.3 Å². The van der Waals surface area contributed by atoms with Gasteiger partial charge in [-0.2, -0.15) is 5.10 Å². The maximum atomic E-state index is 12.5. The van der Waals surface area contributed by atoms with Gasteiger partial charge in [-0.05, 0) is 44.4 Å². The first-order chi connectivity index (χ1) is 12.4. The highest BCUT2D eigenvalue weighted by Crippen LogP contribution is 2.14. The number of rotatable bonds is 9. The number of ether oxygens (including phenoxy) is 1. The topological polar surface area (TPSA) is 93.5 Å². The minimum atomic E-state index is -1.01. The number of hydrogen-bond acceptors (Lipinski definition) is 4. The minimum Gasteiger partial charge on any atom is -0.482 e. The molecule has 0 spiro atoms. The lowest BCUT2D eigenvalue weighted by Gasteiger charge is -2.08. The van der Waals surface area contributed by atoms with E-state index in [2.05, 4.69) is 17.3 Å². The number of carbonyl (C=O) groups is 2. The number of nitrogens with zero attached hydrogens (tertiary/aromatic N) is 2. The van der Waals surface area contributed by atoms with Gasteiger partial charge >= 0.3 is 5.97 Å². The van der Waals surface area contributed by atoms with Crippen molar-refractivity contribution in [3.63, 3.8) is 0 Å². The molecule has 2 N–H and O–H groups in total. The summed E-state index contributed by atoms with van der Waals surface area (Å²) in [5.74, 6) is -0.608. The molecule has 0 saturated heterocycles. The van der Waals surface area contributed by atoms with Crippen LogP contribution in [-0.2, 0) is 17.8 Å². The molecule has 7 heteroatoms. The molecule has 26 heavy (non-hydrogen) atoms. The maximum Gasteiger partial charge on any atom is 0.341 e. The number of hydrogen-bond donors (Lipinski definition) is 2. The normalized spacial score (nSPS) is 10.6. The van der Waals surface area contributed by atoms with Crippen molar-refractivity contribution in [1.82, 2.24) is 15.1 Å². The van der Waals surface area contributed by atoms with Gasteiger partial charge in [-0.15, -0.1) is 0 Å². The van der Waals surface area contributed by atoms with Gasteiger partial charge in [0.2, 0.25) is 0 Å². The van der Waals surface area contributed by atoms with Crippen LogP contribution >= 0.6 is 0 Å². The Morgan fingerprint density at radius 1 is 1.23 bits per heavy atom. The summed E-state index contributed by atoms with van der Waals surface area (Å²) in [6.07, 6.45) is 1.64. The fourth-order valence-electron chi connectivity index (χ4n) is 2.76. The molecule has 2 aromatic rings. The lowest BCUT2D eigenvalue weighted by molar-refractivity contribution is -0.139. The highest BCUT2D eigenvalue weighted by Gasteiger charge is 2.17.